The molecule has 0 bridgehead atoms. The van der Waals surface area contributed by atoms with Gasteiger partial charge in [-0.25, -0.2) is 9.78 Å². The van der Waals surface area contributed by atoms with Crippen LogP contribution >= 0.6 is 0 Å². The van der Waals surface area contributed by atoms with Crippen molar-refractivity contribution in [2.24, 2.45) is 0 Å². The number of carboxylic acid groups (broad SMARTS) is 1. The number of nitrogens with two attached hydrogens (primary N) is 1. The summed E-state index contributed by atoms with van der Waals surface area (Å²) in [5, 5.41) is 8.72. The van der Waals surface area contributed by atoms with E-state index in [-0.39, 0.29) is 11.6 Å². The number of imidazole rings is 1. The number of aromatic carboxylic acids is 1. The van der Waals surface area contributed by atoms with Gasteiger partial charge in [-0.2, -0.15) is 0 Å². The Morgan fingerprint density at radius 1 is 1.67 bits per heavy atom. The van der Waals surface area contributed by atoms with Crippen LogP contribution in [0, 0.1) is 0 Å². The fourth-order valence-corrected chi connectivity index (χ4v) is 1.24. The fourth-order valence-electron chi connectivity index (χ4n) is 1.24. The van der Waals surface area contributed by atoms with Crippen molar-refractivity contribution in [2.45, 2.75) is 18.8 Å². The second kappa shape index (κ2) is 2.23. The van der Waals surface area contributed by atoms with Crippen LogP contribution < -0.4 is 5.73 Å². The largest absolute Gasteiger partial charge is 0.476 e. The predicted molar refractivity (Wildman–Crippen MR) is 41.9 cm³/mol. The number of nitrogen functional groups attached to an aromatic ring is 1. The predicted octanol–water partition coefficient (Wildman–Crippen LogP) is 0.567. The summed E-state index contributed by atoms with van der Waals surface area (Å²) in [4.78, 5) is 17.1. The van der Waals surface area contributed by atoms with Gasteiger partial charge in [0.15, 0.2) is 11.6 Å². The molecule has 1 aliphatic carbocycles. The Morgan fingerprint density at radius 3 is 2.83 bits per heavy atom. The molecule has 12 heavy (non-hydrogen) atoms. The van der Waals surface area contributed by atoms with Crippen LogP contribution in [0.15, 0.2) is 0 Å². The summed E-state index contributed by atoms with van der Waals surface area (Å²) in [6.07, 6.45) is 2.06. The van der Waals surface area contributed by atoms with Crippen molar-refractivity contribution < 1.29 is 9.90 Å². The average molecular weight is 167 g/mol. The number of anilines is 1. The van der Waals surface area contributed by atoms with Crippen LogP contribution in [0.1, 0.15) is 34.9 Å². The normalized spacial score (nSPS) is 16.3. The van der Waals surface area contributed by atoms with Crippen molar-refractivity contribution in [1.82, 2.24) is 9.97 Å². The van der Waals surface area contributed by atoms with E-state index in [0.717, 1.165) is 12.8 Å². The maximum absolute atomic E-state index is 10.6. The molecule has 1 heterocycles. The molecule has 1 aromatic rings. The molecular formula is C7H9N3O2. The molecule has 0 aliphatic heterocycles. The first-order chi connectivity index (χ1) is 5.68. The number of aromatic nitrogens is 2. The van der Waals surface area contributed by atoms with Gasteiger partial charge >= 0.3 is 5.97 Å². The minimum absolute atomic E-state index is 0.0787. The second-order valence-electron chi connectivity index (χ2n) is 2.96. The number of nitrogens with zero attached hydrogens (tertiary/aromatic N) is 1. The van der Waals surface area contributed by atoms with Crippen molar-refractivity contribution in [1.29, 1.82) is 0 Å². The SMILES string of the molecule is Nc1nc(C(=O)O)c(C2CC2)[nH]1. The zero-order valence-electron chi connectivity index (χ0n) is 6.37. The Hall–Kier alpha value is -1.52. The van der Waals surface area contributed by atoms with Gasteiger partial charge in [-0.1, -0.05) is 0 Å². The van der Waals surface area contributed by atoms with Crippen molar-refractivity contribution in [3.05, 3.63) is 11.4 Å². The fraction of sp³-hybridized carbons (Fsp3) is 0.429. The van der Waals surface area contributed by atoms with E-state index < -0.39 is 5.97 Å². The minimum atomic E-state index is -1.01. The van der Waals surface area contributed by atoms with Gasteiger partial charge in [0.1, 0.15) is 0 Å². The third-order valence-electron chi connectivity index (χ3n) is 1.94. The van der Waals surface area contributed by atoms with Crippen LogP contribution in [0.25, 0.3) is 0 Å². The molecule has 4 N–H and O–H groups in total. The number of hydrogen-bond acceptors (Lipinski definition) is 3. The monoisotopic (exact) mass is 167 g/mol. The number of nitrogens with one attached hydrogen (secondary N) is 1. The number of hydrogen-bond donors (Lipinski definition) is 3. The molecule has 2 rings (SSSR count). The lowest BCUT2D eigenvalue weighted by Gasteiger charge is -1.92. The van der Waals surface area contributed by atoms with Gasteiger partial charge in [-0.15, -0.1) is 0 Å². The van der Waals surface area contributed by atoms with Crippen molar-refractivity contribution in [2.75, 3.05) is 5.73 Å². The van der Waals surface area contributed by atoms with Gasteiger partial charge in [0.05, 0.1) is 5.69 Å². The topological polar surface area (TPSA) is 92.0 Å². The Labute approximate surface area is 68.6 Å². The summed E-state index contributed by atoms with van der Waals surface area (Å²) < 4.78 is 0. The van der Waals surface area contributed by atoms with Crippen LogP contribution in [0.3, 0.4) is 0 Å². The molecular weight excluding hydrogens is 158 g/mol. The first-order valence-electron chi connectivity index (χ1n) is 3.77. The van der Waals surface area contributed by atoms with E-state index in [1.165, 1.54) is 0 Å². The molecule has 0 atom stereocenters. The number of aromatic amines is 1. The lowest BCUT2D eigenvalue weighted by molar-refractivity contribution is 0.0690. The second-order valence-corrected chi connectivity index (χ2v) is 2.96. The lowest BCUT2D eigenvalue weighted by Crippen LogP contribution is -2.00. The molecule has 5 nitrogen and oxygen atoms in total. The maximum Gasteiger partial charge on any atom is 0.356 e. The van der Waals surface area contributed by atoms with Crippen LogP contribution in [-0.2, 0) is 0 Å². The van der Waals surface area contributed by atoms with E-state index in [9.17, 15) is 4.79 Å². The van der Waals surface area contributed by atoms with E-state index in [1.54, 1.807) is 0 Å². The van der Waals surface area contributed by atoms with Crippen LogP contribution in [0.5, 0.6) is 0 Å². The highest BCUT2D eigenvalue weighted by Crippen LogP contribution is 2.40. The molecule has 0 spiro atoms. The van der Waals surface area contributed by atoms with Crippen molar-refractivity contribution >= 4 is 11.9 Å². The maximum atomic E-state index is 10.6. The van der Waals surface area contributed by atoms with Gasteiger partial charge in [-0.05, 0) is 12.8 Å². The van der Waals surface area contributed by atoms with Crippen molar-refractivity contribution in [3.63, 3.8) is 0 Å². The summed E-state index contributed by atoms with van der Waals surface area (Å²) in [5.74, 6) is -0.486. The number of carbonyl (C=O) groups is 1. The summed E-state index contributed by atoms with van der Waals surface area (Å²) in [7, 11) is 0. The molecule has 1 fully saturated rings. The molecule has 0 radical (unpaired) electrons. The summed E-state index contributed by atoms with van der Waals surface area (Å²) in [6, 6.07) is 0. The Bertz CT molecular complexity index is 327. The molecule has 5 heteroatoms. The molecule has 64 valence electrons. The number of rotatable bonds is 2. The van der Waals surface area contributed by atoms with E-state index in [0.29, 0.717) is 11.6 Å². The standard InChI is InChI=1S/C7H9N3O2/c8-7-9-4(3-1-2-3)5(10-7)6(11)12/h3H,1-2H2,(H,11,12)(H3,8,9,10). The molecule has 0 unspecified atom stereocenters. The highest BCUT2D eigenvalue weighted by molar-refractivity contribution is 5.87. The van der Waals surface area contributed by atoms with Crippen LogP contribution in [0.2, 0.25) is 0 Å². The highest BCUT2D eigenvalue weighted by atomic mass is 16.4. The van der Waals surface area contributed by atoms with E-state index >= 15 is 0 Å². The average Bonchev–Trinajstić information content (AvgIpc) is 2.75. The summed E-state index contributed by atoms with van der Waals surface area (Å²) in [6.45, 7) is 0. The van der Waals surface area contributed by atoms with Gasteiger partial charge < -0.3 is 15.8 Å². The highest BCUT2D eigenvalue weighted by Gasteiger charge is 2.31. The Morgan fingerprint density at radius 2 is 2.33 bits per heavy atom. The molecule has 0 aromatic carbocycles. The minimum Gasteiger partial charge on any atom is -0.476 e. The summed E-state index contributed by atoms with van der Waals surface area (Å²) in [5.41, 5.74) is 6.11. The van der Waals surface area contributed by atoms with Gasteiger partial charge in [-0.3, -0.25) is 0 Å². The lowest BCUT2D eigenvalue weighted by atomic mass is 10.2. The molecule has 1 saturated carbocycles. The van der Waals surface area contributed by atoms with E-state index in [2.05, 4.69) is 9.97 Å². The summed E-state index contributed by atoms with van der Waals surface area (Å²) >= 11 is 0. The Kier molecular flexibility index (Phi) is 1.33. The van der Waals surface area contributed by atoms with Crippen LogP contribution in [-0.4, -0.2) is 21.0 Å². The third-order valence-corrected chi connectivity index (χ3v) is 1.94. The smallest absolute Gasteiger partial charge is 0.356 e. The molecule has 0 amide bonds. The zero-order chi connectivity index (χ0) is 8.72. The number of carboxylic acids is 1. The quantitative estimate of drug-likeness (QED) is 0.600. The first-order valence-corrected chi connectivity index (χ1v) is 3.77. The Balaban J connectivity index is 2.43. The molecule has 0 saturated heterocycles. The third kappa shape index (κ3) is 1.03. The zero-order valence-corrected chi connectivity index (χ0v) is 6.37. The van der Waals surface area contributed by atoms with Crippen molar-refractivity contribution in [3.8, 4) is 0 Å². The van der Waals surface area contributed by atoms with Gasteiger partial charge in [0.25, 0.3) is 0 Å². The molecule has 1 aliphatic rings. The van der Waals surface area contributed by atoms with Crippen LogP contribution in [0.4, 0.5) is 5.95 Å². The number of H-pyrrole nitrogens is 1. The molecule has 1 aromatic heterocycles. The van der Waals surface area contributed by atoms with Gasteiger partial charge in [0, 0.05) is 5.92 Å². The van der Waals surface area contributed by atoms with E-state index in [4.69, 9.17) is 10.8 Å². The first kappa shape index (κ1) is 7.15. The van der Waals surface area contributed by atoms with Gasteiger partial charge in [0.2, 0.25) is 0 Å². The van der Waals surface area contributed by atoms with E-state index in [1.807, 2.05) is 0 Å².